The number of hydrogen-bond donors (Lipinski definition) is 1. The summed E-state index contributed by atoms with van der Waals surface area (Å²) in [7, 11) is 0. The van der Waals surface area contributed by atoms with E-state index < -0.39 is 5.91 Å². The zero-order chi connectivity index (χ0) is 14.8. The summed E-state index contributed by atoms with van der Waals surface area (Å²) in [6.45, 7) is 1.88. The molecule has 0 spiro atoms. The van der Waals surface area contributed by atoms with Crippen LogP contribution in [0.5, 0.6) is 0 Å². The fourth-order valence-electron chi connectivity index (χ4n) is 2.07. The first-order chi connectivity index (χ1) is 10.1. The Balaban J connectivity index is 2.11. The van der Waals surface area contributed by atoms with Gasteiger partial charge in [-0.25, -0.2) is 9.97 Å². The number of carbonyl (C=O) groups excluding carboxylic acids is 1. The maximum Gasteiger partial charge on any atom is 0.286 e. The molecule has 0 fully saturated rings. The number of primary amides is 1. The van der Waals surface area contributed by atoms with Crippen LogP contribution in [0, 0.1) is 6.92 Å². The van der Waals surface area contributed by atoms with Gasteiger partial charge >= 0.3 is 0 Å². The monoisotopic (exact) mass is 279 g/mol. The molecule has 0 atom stereocenters. The van der Waals surface area contributed by atoms with Gasteiger partial charge in [0.2, 0.25) is 5.82 Å². The summed E-state index contributed by atoms with van der Waals surface area (Å²) in [6, 6.07) is 7.50. The van der Waals surface area contributed by atoms with Crippen molar-refractivity contribution >= 4 is 16.8 Å². The van der Waals surface area contributed by atoms with Crippen LogP contribution in [-0.2, 0) is 6.42 Å². The van der Waals surface area contributed by atoms with E-state index >= 15 is 0 Å². The summed E-state index contributed by atoms with van der Waals surface area (Å²) in [5.74, 6) is -0.624. The van der Waals surface area contributed by atoms with Gasteiger partial charge in [-0.3, -0.25) is 14.8 Å². The predicted octanol–water partition coefficient (Wildman–Crippen LogP) is 1.42. The van der Waals surface area contributed by atoms with Crippen molar-refractivity contribution in [1.29, 1.82) is 0 Å². The first kappa shape index (κ1) is 13.1. The van der Waals surface area contributed by atoms with Crippen molar-refractivity contribution in [3.8, 4) is 0 Å². The Morgan fingerprint density at radius 3 is 2.67 bits per heavy atom. The lowest BCUT2D eigenvalue weighted by atomic mass is 10.1. The molecule has 0 bridgehead atoms. The number of amides is 1. The normalized spacial score (nSPS) is 10.7. The van der Waals surface area contributed by atoms with E-state index in [9.17, 15) is 4.79 Å². The molecule has 6 nitrogen and oxygen atoms in total. The number of benzene rings is 1. The number of hydrogen-bond acceptors (Lipinski definition) is 5. The first-order valence-corrected chi connectivity index (χ1v) is 6.46. The fraction of sp³-hybridized carbons (Fsp3) is 0.133. The molecule has 0 saturated carbocycles. The summed E-state index contributed by atoms with van der Waals surface area (Å²) in [5.41, 5.74) is 8.33. The van der Waals surface area contributed by atoms with Gasteiger partial charge in [0.05, 0.1) is 22.6 Å². The van der Waals surface area contributed by atoms with E-state index in [1.165, 1.54) is 0 Å². The third kappa shape index (κ3) is 2.69. The van der Waals surface area contributed by atoms with Crippen LogP contribution in [0.15, 0.2) is 36.7 Å². The molecule has 0 aliphatic heterocycles. The third-order valence-electron chi connectivity index (χ3n) is 3.09. The molecule has 3 aromatic rings. The SMILES string of the molecule is Cc1cnc(Cc2nc(C(N)=O)nc3ccccc23)cn1. The second-order valence-electron chi connectivity index (χ2n) is 4.70. The quantitative estimate of drug-likeness (QED) is 0.782. The Labute approximate surface area is 121 Å². The number of aryl methyl sites for hydroxylation is 1. The Kier molecular flexibility index (Phi) is 3.27. The summed E-state index contributed by atoms with van der Waals surface area (Å²) < 4.78 is 0. The van der Waals surface area contributed by atoms with E-state index in [4.69, 9.17) is 5.73 Å². The van der Waals surface area contributed by atoms with Gasteiger partial charge in [-0.1, -0.05) is 18.2 Å². The van der Waals surface area contributed by atoms with Crippen molar-refractivity contribution in [2.24, 2.45) is 5.73 Å². The minimum Gasteiger partial charge on any atom is -0.363 e. The smallest absolute Gasteiger partial charge is 0.286 e. The molecule has 2 heterocycles. The average Bonchev–Trinajstić information content (AvgIpc) is 2.49. The highest BCUT2D eigenvalue weighted by Gasteiger charge is 2.12. The molecule has 21 heavy (non-hydrogen) atoms. The van der Waals surface area contributed by atoms with Crippen molar-refractivity contribution in [1.82, 2.24) is 19.9 Å². The van der Waals surface area contributed by atoms with Crippen LogP contribution in [0.4, 0.5) is 0 Å². The first-order valence-electron chi connectivity index (χ1n) is 6.46. The van der Waals surface area contributed by atoms with Crippen LogP contribution < -0.4 is 5.73 Å². The Bertz CT molecular complexity index is 814. The number of para-hydroxylation sites is 1. The zero-order valence-corrected chi connectivity index (χ0v) is 11.4. The van der Waals surface area contributed by atoms with Gasteiger partial charge in [0.1, 0.15) is 0 Å². The van der Waals surface area contributed by atoms with Gasteiger partial charge in [0.15, 0.2) is 0 Å². The van der Waals surface area contributed by atoms with E-state index in [1.54, 1.807) is 12.4 Å². The highest BCUT2D eigenvalue weighted by Crippen LogP contribution is 2.18. The van der Waals surface area contributed by atoms with Crippen molar-refractivity contribution < 1.29 is 4.79 Å². The van der Waals surface area contributed by atoms with E-state index in [0.29, 0.717) is 17.6 Å². The maximum absolute atomic E-state index is 11.4. The van der Waals surface area contributed by atoms with Crippen molar-refractivity contribution in [3.63, 3.8) is 0 Å². The van der Waals surface area contributed by atoms with Gasteiger partial charge in [0, 0.05) is 24.2 Å². The van der Waals surface area contributed by atoms with Crippen LogP contribution in [0.1, 0.15) is 27.7 Å². The van der Waals surface area contributed by atoms with Crippen LogP contribution in [0.3, 0.4) is 0 Å². The third-order valence-corrected chi connectivity index (χ3v) is 3.09. The topological polar surface area (TPSA) is 94.7 Å². The molecule has 104 valence electrons. The van der Waals surface area contributed by atoms with Crippen molar-refractivity contribution in [3.05, 3.63) is 59.6 Å². The number of aromatic nitrogens is 4. The minimum absolute atomic E-state index is 0.0174. The number of nitrogens with two attached hydrogens (primary N) is 1. The molecule has 0 unspecified atom stereocenters. The molecule has 6 heteroatoms. The van der Waals surface area contributed by atoms with E-state index in [0.717, 1.165) is 16.8 Å². The van der Waals surface area contributed by atoms with Gasteiger partial charge in [-0.2, -0.15) is 0 Å². The molecule has 0 aliphatic rings. The molecule has 2 N–H and O–H groups in total. The summed E-state index contributed by atoms with van der Waals surface area (Å²) in [5, 5.41) is 0.880. The molecule has 3 rings (SSSR count). The van der Waals surface area contributed by atoms with E-state index in [-0.39, 0.29) is 5.82 Å². The molecule has 0 aliphatic carbocycles. The van der Waals surface area contributed by atoms with E-state index in [2.05, 4.69) is 19.9 Å². The maximum atomic E-state index is 11.4. The lowest BCUT2D eigenvalue weighted by molar-refractivity contribution is 0.0990. The lowest BCUT2D eigenvalue weighted by Crippen LogP contribution is -2.16. The van der Waals surface area contributed by atoms with Gasteiger partial charge in [0.25, 0.3) is 5.91 Å². The Morgan fingerprint density at radius 2 is 1.95 bits per heavy atom. The van der Waals surface area contributed by atoms with Crippen LogP contribution >= 0.6 is 0 Å². The number of carbonyl (C=O) groups is 1. The second-order valence-corrected chi connectivity index (χ2v) is 4.70. The van der Waals surface area contributed by atoms with Gasteiger partial charge < -0.3 is 5.73 Å². The fourth-order valence-corrected chi connectivity index (χ4v) is 2.07. The predicted molar refractivity (Wildman–Crippen MR) is 77.6 cm³/mol. The molecule has 1 amide bonds. The van der Waals surface area contributed by atoms with Crippen molar-refractivity contribution in [2.75, 3.05) is 0 Å². The lowest BCUT2D eigenvalue weighted by Gasteiger charge is -2.07. The standard InChI is InChI=1S/C15H13N5O/c1-9-7-18-10(8-17-9)6-13-11-4-2-3-5-12(11)19-15(20-13)14(16)21/h2-5,7-8H,6H2,1H3,(H2,16,21). The zero-order valence-electron chi connectivity index (χ0n) is 11.4. The number of nitrogens with zero attached hydrogens (tertiary/aromatic N) is 4. The number of rotatable bonds is 3. The molecule has 2 aromatic heterocycles. The minimum atomic E-state index is -0.642. The Hall–Kier alpha value is -2.89. The molecule has 1 aromatic carbocycles. The average molecular weight is 279 g/mol. The summed E-state index contributed by atoms with van der Waals surface area (Å²) in [6.07, 6.45) is 3.88. The summed E-state index contributed by atoms with van der Waals surface area (Å²) in [4.78, 5) is 28.3. The van der Waals surface area contributed by atoms with Crippen LogP contribution in [0.25, 0.3) is 10.9 Å². The van der Waals surface area contributed by atoms with Crippen LogP contribution in [0.2, 0.25) is 0 Å². The number of fused-ring (bicyclic) bond motifs is 1. The van der Waals surface area contributed by atoms with E-state index in [1.807, 2.05) is 31.2 Å². The highest BCUT2D eigenvalue weighted by molar-refractivity contribution is 5.92. The highest BCUT2D eigenvalue weighted by atomic mass is 16.1. The molecular weight excluding hydrogens is 266 g/mol. The molecule has 0 radical (unpaired) electrons. The van der Waals surface area contributed by atoms with Gasteiger partial charge in [-0.05, 0) is 13.0 Å². The second kappa shape index (κ2) is 5.24. The van der Waals surface area contributed by atoms with Crippen LogP contribution in [-0.4, -0.2) is 25.8 Å². The van der Waals surface area contributed by atoms with Crippen molar-refractivity contribution in [2.45, 2.75) is 13.3 Å². The van der Waals surface area contributed by atoms with Gasteiger partial charge in [-0.15, -0.1) is 0 Å². The molecule has 0 saturated heterocycles. The Morgan fingerprint density at radius 1 is 1.14 bits per heavy atom. The largest absolute Gasteiger partial charge is 0.363 e. The molecular formula is C15H13N5O. The summed E-state index contributed by atoms with van der Waals surface area (Å²) >= 11 is 0.